The van der Waals surface area contributed by atoms with Gasteiger partial charge in [0.25, 0.3) is 0 Å². The van der Waals surface area contributed by atoms with Crippen molar-refractivity contribution < 1.29 is 17.9 Å². The van der Waals surface area contributed by atoms with Crippen molar-refractivity contribution >= 4 is 33.2 Å². The molecule has 3 rings (SSSR count). The number of rotatable bonds is 9. The van der Waals surface area contributed by atoms with E-state index in [0.29, 0.717) is 42.7 Å². The summed E-state index contributed by atoms with van der Waals surface area (Å²) < 4.78 is 32.4. The molecular formula is C22H28ClN3O4S. The average molecular weight is 466 g/mol. The van der Waals surface area contributed by atoms with E-state index in [9.17, 15) is 13.2 Å². The quantitative estimate of drug-likeness (QED) is 0.613. The van der Waals surface area contributed by atoms with E-state index in [1.54, 1.807) is 31.2 Å². The summed E-state index contributed by atoms with van der Waals surface area (Å²) in [6, 6.07) is 13.2. The van der Waals surface area contributed by atoms with Gasteiger partial charge < -0.3 is 10.1 Å². The zero-order valence-electron chi connectivity index (χ0n) is 17.8. The Kier molecular flexibility index (Phi) is 7.94. The molecule has 0 aromatic heterocycles. The summed E-state index contributed by atoms with van der Waals surface area (Å²) in [5.74, 6) is 0.425. The molecule has 1 fully saturated rings. The van der Waals surface area contributed by atoms with Crippen LogP contribution < -0.4 is 10.1 Å². The number of hydrogen-bond acceptors (Lipinski definition) is 5. The van der Waals surface area contributed by atoms with E-state index in [-0.39, 0.29) is 10.8 Å². The van der Waals surface area contributed by atoms with Gasteiger partial charge in [-0.05, 0) is 63.2 Å². The van der Waals surface area contributed by atoms with Gasteiger partial charge in [-0.3, -0.25) is 9.69 Å². The van der Waals surface area contributed by atoms with Crippen molar-refractivity contribution in [2.45, 2.75) is 30.7 Å². The zero-order chi connectivity index (χ0) is 22.4. The Morgan fingerprint density at radius 2 is 1.81 bits per heavy atom. The van der Waals surface area contributed by atoms with Crippen molar-refractivity contribution in [3.8, 4) is 5.75 Å². The molecular weight excluding hydrogens is 438 g/mol. The third-order valence-electron chi connectivity index (χ3n) is 5.40. The molecule has 0 unspecified atom stereocenters. The van der Waals surface area contributed by atoms with Crippen LogP contribution in [0.3, 0.4) is 0 Å². The van der Waals surface area contributed by atoms with E-state index in [4.69, 9.17) is 16.3 Å². The molecule has 0 saturated carbocycles. The number of likely N-dealkylation sites (N-methyl/N-ethyl adjacent to an activating group) is 1. The molecule has 1 aliphatic rings. The number of anilines is 1. The molecule has 168 valence electrons. The Morgan fingerprint density at radius 3 is 2.45 bits per heavy atom. The fourth-order valence-electron chi connectivity index (χ4n) is 3.29. The summed E-state index contributed by atoms with van der Waals surface area (Å²) in [6.07, 6.45) is 1.78. The lowest BCUT2D eigenvalue weighted by atomic mass is 10.2. The third-order valence-corrected chi connectivity index (χ3v) is 7.63. The van der Waals surface area contributed by atoms with Crippen LogP contribution in [0, 0.1) is 0 Å². The Hall–Kier alpha value is -2.13. The minimum atomic E-state index is -3.46. The minimum absolute atomic E-state index is 0.185. The minimum Gasteiger partial charge on any atom is -0.491 e. The van der Waals surface area contributed by atoms with E-state index in [2.05, 4.69) is 5.32 Å². The molecule has 0 radical (unpaired) electrons. The van der Waals surface area contributed by atoms with Gasteiger partial charge >= 0.3 is 0 Å². The van der Waals surface area contributed by atoms with Crippen LogP contribution in [0.1, 0.15) is 19.8 Å². The van der Waals surface area contributed by atoms with E-state index in [0.717, 1.165) is 12.8 Å². The van der Waals surface area contributed by atoms with Crippen molar-refractivity contribution in [3.63, 3.8) is 0 Å². The molecule has 2 aromatic rings. The molecule has 7 nitrogen and oxygen atoms in total. The van der Waals surface area contributed by atoms with E-state index < -0.39 is 16.1 Å². The van der Waals surface area contributed by atoms with Crippen molar-refractivity contribution in [2.75, 3.05) is 38.6 Å². The average Bonchev–Trinajstić information content (AvgIpc) is 3.31. The first-order valence-electron chi connectivity index (χ1n) is 10.3. The Balaban J connectivity index is 1.51. The molecule has 0 bridgehead atoms. The maximum atomic E-state index is 12.6. The number of ether oxygens (including phenoxy) is 1. The number of carbonyl (C=O) groups excluding carboxylic acids is 1. The highest BCUT2D eigenvalue weighted by molar-refractivity contribution is 7.89. The molecule has 1 amide bonds. The highest BCUT2D eigenvalue weighted by Gasteiger charge is 2.27. The highest BCUT2D eigenvalue weighted by atomic mass is 35.5. The van der Waals surface area contributed by atoms with Crippen molar-refractivity contribution in [1.29, 1.82) is 0 Å². The highest BCUT2D eigenvalue weighted by Crippen LogP contribution is 2.23. The van der Waals surface area contributed by atoms with Crippen LogP contribution in [-0.2, 0) is 14.8 Å². The normalized spacial score (nSPS) is 15.7. The van der Waals surface area contributed by atoms with E-state index in [1.807, 2.05) is 24.1 Å². The van der Waals surface area contributed by atoms with Crippen molar-refractivity contribution in [2.24, 2.45) is 0 Å². The smallest absolute Gasteiger partial charge is 0.243 e. The summed E-state index contributed by atoms with van der Waals surface area (Å²) in [7, 11) is -1.62. The van der Waals surface area contributed by atoms with Gasteiger partial charge in [0.1, 0.15) is 12.4 Å². The predicted molar refractivity (Wildman–Crippen MR) is 122 cm³/mol. The van der Waals surface area contributed by atoms with Crippen LogP contribution in [-0.4, -0.2) is 62.9 Å². The first-order valence-corrected chi connectivity index (χ1v) is 12.1. The number of benzene rings is 2. The molecule has 9 heteroatoms. The fraction of sp³-hybridized carbons (Fsp3) is 0.409. The largest absolute Gasteiger partial charge is 0.491 e. The van der Waals surface area contributed by atoms with Gasteiger partial charge in [0.2, 0.25) is 15.9 Å². The predicted octanol–water partition coefficient (Wildman–Crippen LogP) is 3.46. The van der Waals surface area contributed by atoms with Gasteiger partial charge in [-0.25, -0.2) is 8.42 Å². The second-order valence-corrected chi connectivity index (χ2v) is 9.91. The number of sulfonamides is 1. The second-order valence-electron chi connectivity index (χ2n) is 7.56. The molecule has 1 heterocycles. The maximum absolute atomic E-state index is 12.6. The number of hydrogen-bond donors (Lipinski definition) is 1. The molecule has 31 heavy (non-hydrogen) atoms. The lowest BCUT2D eigenvalue weighted by Crippen LogP contribution is -2.41. The van der Waals surface area contributed by atoms with Gasteiger partial charge in [0.05, 0.1) is 16.0 Å². The standard InChI is InChI=1S/C22H28ClN3O4S/c1-17(25(2)15-16-30-21-8-4-3-7-20(21)23)22(27)24-18-9-11-19(12-10-18)31(28,29)26-13-5-6-14-26/h3-4,7-12,17H,5-6,13-16H2,1-2H3,(H,24,27)/t17-/m0/s1. The lowest BCUT2D eigenvalue weighted by molar-refractivity contribution is -0.120. The van der Waals surface area contributed by atoms with Crippen LogP contribution >= 0.6 is 11.6 Å². The number of nitrogens with zero attached hydrogens (tertiary/aromatic N) is 2. The molecule has 1 saturated heterocycles. The Labute approximate surface area is 189 Å². The zero-order valence-corrected chi connectivity index (χ0v) is 19.3. The van der Waals surface area contributed by atoms with Crippen LogP contribution in [0.25, 0.3) is 0 Å². The number of nitrogens with one attached hydrogen (secondary N) is 1. The molecule has 2 aromatic carbocycles. The SMILES string of the molecule is C[C@@H](C(=O)Nc1ccc(S(=O)(=O)N2CCCC2)cc1)N(C)CCOc1ccccc1Cl. The van der Waals surface area contributed by atoms with E-state index >= 15 is 0 Å². The van der Waals surface area contributed by atoms with Crippen molar-refractivity contribution in [3.05, 3.63) is 53.6 Å². The number of carbonyl (C=O) groups is 1. The van der Waals surface area contributed by atoms with Gasteiger partial charge in [0, 0.05) is 25.3 Å². The van der Waals surface area contributed by atoms with Gasteiger partial charge in [-0.2, -0.15) is 4.31 Å². The molecule has 1 atom stereocenters. The topological polar surface area (TPSA) is 79.0 Å². The number of para-hydroxylation sites is 1. The van der Waals surface area contributed by atoms with Crippen LogP contribution in [0.5, 0.6) is 5.75 Å². The molecule has 1 N–H and O–H groups in total. The van der Waals surface area contributed by atoms with Crippen molar-refractivity contribution in [1.82, 2.24) is 9.21 Å². The van der Waals surface area contributed by atoms with E-state index in [1.165, 1.54) is 16.4 Å². The first-order chi connectivity index (χ1) is 14.8. The van der Waals surface area contributed by atoms with Gasteiger partial charge in [-0.1, -0.05) is 23.7 Å². The van der Waals surface area contributed by atoms with Crippen LogP contribution in [0.15, 0.2) is 53.4 Å². The third kappa shape index (κ3) is 5.98. The summed E-state index contributed by atoms with van der Waals surface area (Å²) >= 11 is 6.08. The number of halogens is 1. The summed E-state index contributed by atoms with van der Waals surface area (Å²) in [5, 5.41) is 3.38. The monoisotopic (exact) mass is 465 g/mol. The van der Waals surface area contributed by atoms with Gasteiger partial charge in [-0.15, -0.1) is 0 Å². The maximum Gasteiger partial charge on any atom is 0.243 e. The second kappa shape index (κ2) is 10.5. The van der Waals surface area contributed by atoms with Gasteiger partial charge in [0.15, 0.2) is 0 Å². The number of amides is 1. The van der Waals surface area contributed by atoms with Crippen LogP contribution in [0.4, 0.5) is 5.69 Å². The van der Waals surface area contributed by atoms with Crippen LogP contribution in [0.2, 0.25) is 5.02 Å². The molecule has 0 aliphatic carbocycles. The summed E-state index contributed by atoms with van der Waals surface area (Å²) in [5.41, 5.74) is 0.554. The Bertz CT molecular complexity index is 992. The Morgan fingerprint density at radius 1 is 1.16 bits per heavy atom. The fourth-order valence-corrected chi connectivity index (χ4v) is 5.00. The molecule has 0 spiro atoms. The lowest BCUT2D eigenvalue weighted by Gasteiger charge is -2.24. The molecule has 1 aliphatic heterocycles. The summed E-state index contributed by atoms with van der Waals surface area (Å²) in [6.45, 7) is 3.85. The first kappa shape index (κ1) is 23.5. The summed E-state index contributed by atoms with van der Waals surface area (Å²) in [4.78, 5) is 14.7.